The van der Waals surface area contributed by atoms with Crippen molar-refractivity contribution in [2.24, 2.45) is 0 Å². The second-order valence-corrected chi connectivity index (χ2v) is 8.44. The third kappa shape index (κ3) is 4.13. The number of nitrogen functional groups attached to an aromatic ring is 1. The minimum absolute atomic E-state index is 0.230. The molecule has 7 nitrogen and oxygen atoms in total. The molecule has 0 amide bonds. The van der Waals surface area contributed by atoms with Gasteiger partial charge in [0.2, 0.25) is 0 Å². The van der Waals surface area contributed by atoms with Crippen LogP contribution in [0.2, 0.25) is 0 Å². The van der Waals surface area contributed by atoms with Crippen LogP contribution in [0, 0.1) is 0 Å². The first kappa shape index (κ1) is 20.6. The van der Waals surface area contributed by atoms with Gasteiger partial charge >= 0.3 is 0 Å². The highest BCUT2D eigenvalue weighted by Gasteiger charge is 2.27. The van der Waals surface area contributed by atoms with Crippen molar-refractivity contribution in [3.05, 3.63) is 84.9 Å². The average Bonchev–Trinajstić information content (AvgIpc) is 3.40. The molecule has 33 heavy (non-hydrogen) atoms. The van der Waals surface area contributed by atoms with E-state index in [0.717, 1.165) is 27.8 Å². The second-order valence-electron chi connectivity index (χ2n) is 8.44. The topological polar surface area (TPSA) is 100.0 Å². The molecule has 0 fully saturated rings. The Kier molecular flexibility index (Phi) is 5.22. The Morgan fingerprint density at radius 3 is 2.48 bits per heavy atom. The minimum atomic E-state index is -0.419. The van der Waals surface area contributed by atoms with E-state index in [1.165, 1.54) is 0 Å². The molecule has 0 atom stereocenters. The molecule has 0 saturated heterocycles. The van der Waals surface area contributed by atoms with Gasteiger partial charge in [0.25, 0.3) is 5.88 Å². The van der Waals surface area contributed by atoms with Crippen LogP contribution in [0.3, 0.4) is 0 Å². The summed E-state index contributed by atoms with van der Waals surface area (Å²) >= 11 is 0. The summed E-state index contributed by atoms with van der Waals surface area (Å²) in [4.78, 5) is 14.0. The van der Waals surface area contributed by atoms with E-state index in [2.05, 4.69) is 16.2 Å². The predicted molar refractivity (Wildman–Crippen MR) is 128 cm³/mol. The maximum absolute atomic E-state index is 6.30. The van der Waals surface area contributed by atoms with Gasteiger partial charge in [0.05, 0.1) is 22.8 Å². The molecule has 0 aliphatic carbocycles. The number of hydrogen-bond donors (Lipinski definition) is 1. The summed E-state index contributed by atoms with van der Waals surface area (Å²) < 4.78 is 11.4. The fourth-order valence-electron chi connectivity index (χ4n) is 3.65. The summed E-state index contributed by atoms with van der Waals surface area (Å²) in [5.41, 5.74) is 10.0. The van der Waals surface area contributed by atoms with Crippen LogP contribution in [0.5, 0.6) is 5.88 Å². The molecule has 2 N–H and O–H groups in total. The zero-order chi connectivity index (χ0) is 22.8. The Balaban J connectivity index is 1.59. The Labute approximate surface area is 191 Å². The monoisotopic (exact) mass is 437 g/mol. The molecule has 0 aliphatic heterocycles. The maximum atomic E-state index is 6.30. The Morgan fingerprint density at radius 2 is 1.70 bits per heavy atom. The summed E-state index contributed by atoms with van der Waals surface area (Å²) in [6.07, 6.45) is 3.40. The van der Waals surface area contributed by atoms with Crippen molar-refractivity contribution in [1.29, 1.82) is 0 Å². The largest absolute Gasteiger partial charge is 0.474 e. The number of rotatable bonds is 6. The Bertz CT molecular complexity index is 1400. The summed E-state index contributed by atoms with van der Waals surface area (Å²) in [5.74, 6) is 1.23. The normalized spacial score (nSPS) is 11.6. The first-order chi connectivity index (χ1) is 16.0. The first-order valence-electron chi connectivity index (χ1n) is 10.6. The lowest BCUT2D eigenvalue weighted by atomic mass is 9.92. The molecule has 0 bridgehead atoms. The summed E-state index contributed by atoms with van der Waals surface area (Å²) in [5, 5.41) is 4.81. The van der Waals surface area contributed by atoms with E-state index in [4.69, 9.17) is 25.0 Å². The fourth-order valence-corrected chi connectivity index (χ4v) is 3.65. The van der Waals surface area contributed by atoms with Crippen LogP contribution in [0.4, 0.5) is 5.82 Å². The molecule has 164 valence electrons. The van der Waals surface area contributed by atoms with Crippen molar-refractivity contribution < 1.29 is 9.26 Å². The van der Waals surface area contributed by atoms with Gasteiger partial charge in [0.15, 0.2) is 5.82 Å². The van der Waals surface area contributed by atoms with E-state index in [0.29, 0.717) is 18.0 Å². The fraction of sp³-hybridized carbons (Fsp3) is 0.154. The number of nitrogens with two attached hydrogens (primary N) is 1. The molecule has 0 saturated carbocycles. The van der Waals surface area contributed by atoms with Crippen LogP contribution in [0.25, 0.3) is 33.4 Å². The number of nitrogens with zero attached hydrogens (tertiary/aromatic N) is 4. The molecule has 0 spiro atoms. The third-order valence-electron chi connectivity index (χ3n) is 5.49. The molecule has 5 aromatic rings. The van der Waals surface area contributed by atoms with Crippen LogP contribution in [-0.2, 0) is 5.41 Å². The number of ether oxygens (including phenoxy) is 1. The van der Waals surface area contributed by atoms with E-state index in [1.807, 2.05) is 74.5 Å². The van der Waals surface area contributed by atoms with Crippen LogP contribution < -0.4 is 10.5 Å². The van der Waals surface area contributed by atoms with Gasteiger partial charge in [-0.15, -0.1) is 0 Å². The summed E-state index contributed by atoms with van der Waals surface area (Å²) in [6, 6.07) is 21.7. The standard InChI is InChI=1S/C26H23N5O2/c1-26(2,21-12-14-29-33-21)16-32-25-24(27)30-22(17-7-4-3-5-8-17)23(31-25)19-10-11-20-18(15-19)9-6-13-28-20/h3-15H,16H2,1-2H3,(H2,27,30). The van der Waals surface area contributed by atoms with E-state index in [9.17, 15) is 0 Å². The first-order valence-corrected chi connectivity index (χ1v) is 10.6. The summed E-state index contributed by atoms with van der Waals surface area (Å²) in [7, 11) is 0. The molecule has 0 unspecified atom stereocenters. The van der Waals surface area contributed by atoms with E-state index in [1.54, 1.807) is 12.4 Å². The number of hydrogen-bond acceptors (Lipinski definition) is 7. The van der Waals surface area contributed by atoms with Gasteiger partial charge in [0, 0.05) is 28.8 Å². The molecular formula is C26H23N5O2. The number of anilines is 1. The van der Waals surface area contributed by atoms with Crippen molar-refractivity contribution in [2.45, 2.75) is 19.3 Å². The number of benzene rings is 2. The zero-order valence-electron chi connectivity index (χ0n) is 18.4. The number of aromatic nitrogens is 4. The van der Waals surface area contributed by atoms with E-state index in [-0.39, 0.29) is 11.7 Å². The molecule has 0 radical (unpaired) electrons. The number of fused-ring (bicyclic) bond motifs is 1. The van der Waals surface area contributed by atoms with Gasteiger partial charge in [-0.3, -0.25) is 4.98 Å². The Morgan fingerprint density at radius 1 is 0.879 bits per heavy atom. The molecule has 5 rings (SSSR count). The van der Waals surface area contributed by atoms with Crippen molar-refractivity contribution in [1.82, 2.24) is 20.1 Å². The summed E-state index contributed by atoms with van der Waals surface area (Å²) in [6.45, 7) is 4.31. The lowest BCUT2D eigenvalue weighted by molar-refractivity contribution is 0.200. The third-order valence-corrected chi connectivity index (χ3v) is 5.49. The minimum Gasteiger partial charge on any atom is -0.474 e. The van der Waals surface area contributed by atoms with Gasteiger partial charge in [-0.1, -0.05) is 47.6 Å². The average molecular weight is 438 g/mol. The van der Waals surface area contributed by atoms with Crippen LogP contribution >= 0.6 is 0 Å². The zero-order valence-corrected chi connectivity index (χ0v) is 18.4. The molecule has 3 aromatic heterocycles. The quantitative estimate of drug-likeness (QED) is 0.385. The highest BCUT2D eigenvalue weighted by molar-refractivity contribution is 5.87. The van der Waals surface area contributed by atoms with Gasteiger partial charge < -0.3 is 15.0 Å². The van der Waals surface area contributed by atoms with Gasteiger partial charge in [-0.25, -0.2) is 9.97 Å². The van der Waals surface area contributed by atoms with Crippen molar-refractivity contribution in [3.8, 4) is 28.4 Å². The van der Waals surface area contributed by atoms with Crippen molar-refractivity contribution >= 4 is 16.7 Å². The van der Waals surface area contributed by atoms with Crippen molar-refractivity contribution in [2.75, 3.05) is 12.3 Å². The van der Waals surface area contributed by atoms with E-state index >= 15 is 0 Å². The van der Waals surface area contributed by atoms with Gasteiger partial charge in [-0.2, -0.15) is 0 Å². The molecule has 0 aliphatic rings. The Hall–Kier alpha value is -4.26. The highest BCUT2D eigenvalue weighted by Crippen LogP contribution is 2.35. The van der Waals surface area contributed by atoms with Gasteiger partial charge in [-0.05, 0) is 32.0 Å². The maximum Gasteiger partial charge on any atom is 0.257 e. The predicted octanol–water partition coefficient (Wildman–Crippen LogP) is 5.29. The lowest BCUT2D eigenvalue weighted by Gasteiger charge is -2.22. The van der Waals surface area contributed by atoms with Crippen LogP contribution in [0.15, 0.2) is 83.6 Å². The highest BCUT2D eigenvalue weighted by atomic mass is 16.5. The molecular weight excluding hydrogens is 414 g/mol. The van der Waals surface area contributed by atoms with Crippen LogP contribution in [0.1, 0.15) is 19.6 Å². The molecule has 2 aromatic carbocycles. The molecule has 7 heteroatoms. The van der Waals surface area contributed by atoms with E-state index < -0.39 is 5.41 Å². The van der Waals surface area contributed by atoms with Gasteiger partial charge in [0.1, 0.15) is 18.1 Å². The van der Waals surface area contributed by atoms with Crippen molar-refractivity contribution in [3.63, 3.8) is 0 Å². The SMILES string of the molecule is CC(C)(COc1nc(-c2ccc3ncccc3c2)c(-c2ccccc2)nc1N)c1ccno1. The lowest BCUT2D eigenvalue weighted by Crippen LogP contribution is -2.26. The smallest absolute Gasteiger partial charge is 0.257 e. The van der Waals surface area contributed by atoms with Crippen LogP contribution in [-0.4, -0.2) is 26.7 Å². The second kappa shape index (κ2) is 8.35. The number of pyridine rings is 1. The molecule has 3 heterocycles.